The van der Waals surface area contributed by atoms with Gasteiger partial charge in [-0.05, 0) is 24.7 Å². The van der Waals surface area contributed by atoms with Gasteiger partial charge in [-0.1, -0.05) is 6.42 Å². The van der Waals surface area contributed by atoms with Crippen LogP contribution in [0.25, 0.3) is 0 Å². The van der Waals surface area contributed by atoms with Gasteiger partial charge in [0.2, 0.25) is 0 Å². The highest BCUT2D eigenvalue weighted by Crippen LogP contribution is 2.73. The van der Waals surface area contributed by atoms with E-state index >= 15 is 0 Å². The van der Waals surface area contributed by atoms with Gasteiger partial charge in [0.25, 0.3) is 0 Å². The van der Waals surface area contributed by atoms with E-state index in [9.17, 15) is 4.79 Å². The zero-order chi connectivity index (χ0) is 8.11. The Balaban J connectivity index is 2.17. The van der Waals surface area contributed by atoms with Crippen molar-refractivity contribution in [3.8, 4) is 0 Å². The van der Waals surface area contributed by atoms with E-state index in [0.29, 0.717) is 6.42 Å². The first-order valence-electron chi connectivity index (χ1n) is 4.01. The van der Waals surface area contributed by atoms with Crippen LogP contribution in [0.2, 0.25) is 0 Å². The maximum Gasteiger partial charge on any atom is 0.312 e. The lowest BCUT2D eigenvalue weighted by Gasteiger charge is -2.29. The van der Waals surface area contributed by atoms with Crippen LogP contribution in [0.3, 0.4) is 0 Å². The third kappa shape index (κ3) is 0.601. The van der Waals surface area contributed by atoms with Crippen LogP contribution in [0.1, 0.15) is 25.7 Å². The van der Waals surface area contributed by atoms with Gasteiger partial charge in [-0.15, -0.1) is 0 Å². The summed E-state index contributed by atoms with van der Waals surface area (Å²) < 4.78 is 0. The molecule has 2 rings (SSSR count). The van der Waals surface area contributed by atoms with Crippen LogP contribution in [-0.4, -0.2) is 22.8 Å². The Hall–Kier alpha value is -0.570. The molecule has 0 heterocycles. The predicted molar refractivity (Wildman–Crippen MR) is 38.1 cm³/mol. The number of carboxylic acid groups (broad SMARTS) is 1. The molecule has 2 aliphatic rings. The smallest absolute Gasteiger partial charge is 0.312 e. The second-order valence-corrected chi connectivity index (χ2v) is 3.86. The van der Waals surface area contributed by atoms with Gasteiger partial charge in [0.05, 0.1) is 12.0 Å². The summed E-state index contributed by atoms with van der Waals surface area (Å²) in [5, 5.41) is 17.8. The van der Waals surface area contributed by atoms with E-state index in [4.69, 9.17) is 10.2 Å². The van der Waals surface area contributed by atoms with E-state index in [-0.39, 0.29) is 12.0 Å². The van der Waals surface area contributed by atoms with Crippen molar-refractivity contribution in [2.45, 2.75) is 25.7 Å². The fourth-order valence-electron chi connectivity index (χ4n) is 2.39. The summed E-state index contributed by atoms with van der Waals surface area (Å²) in [5.41, 5.74) is -0.737. The van der Waals surface area contributed by atoms with Crippen molar-refractivity contribution in [2.24, 2.45) is 10.8 Å². The molecule has 62 valence electrons. The number of carbonyl (C=O) groups is 1. The molecule has 11 heavy (non-hydrogen) atoms. The van der Waals surface area contributed by atoms with E-state index in [1.807, 2.05) is 0 Å². The van der Waals surface area contributed by atoms with Crippen molar-refractivity contribution in [3.63, 3.8) is 0 Å². The first-order chi connectivity index (χ1) is 5.17. The predicted octanol–water partition coefficient (Wildman–Crippen LogP) is 0.624. The third-order valence-corrected chi connectivity index (χ3v) is 3.52. The molecule has 3 heteroatoms. The first kappa shape index (κ1) is 7.10. The molecule has 1 unspecified atom stereocenters. The molecular weight excluding hydrogens is 144 g/mol. The Morgan fingerprint density at radius 1 is 1.45 bits per heavy atom. The average Bonchev–Trinajstić information content (AvgIpc) is 2.56. The summed E-state index contributed by atoms with van der Waals surface area (Å²) in [5.74, 6) is -0.806. The van der Waals surface area contributed by atoms with Crippen LogP contribution < -0.4 is 0 Å². The fourth-order valence-corrected chi connectivity index (χ4v) is 2.39. The molecule has 3 nitrogen and oxygen atoms in total. The second kappa shape index (κ2) is 1.78. The zero-order valence-corrected chi connectivity index (χ0v) is 6.34. The van der Waals surface area contributed by atoms with E-state index in [2.05, 4.69) is 0 Å². The lowest BCUT2D eigenvalue weighted by molar-refractivity contribution is -0.147. The SMILES string of the molecule is O=C(O)C1(CO)CC12CCC2. The Morgan fingerprint density at radius 3 is 2.18 bits per heavy atom. The standard InChI is InChI=1S/C8H12O3/c9-5-8(6(10)11)4-7(8)2-1-3-7/h9H,1-5H2,(H,10,11). The van der Waals surface area contributed by atoms with Crippen LogP contribution in [0.4, 0.5) is 0 Å². The Labute approximate surface area is 65.0 Å². The Morgan fingerprint density at radius 2 is 2.09 bits per heavy atom. The van der Waals surface area contributed by atoms with Gasteiger partial charge in [0, 0.05) is 0 Å². The van der Waals surface area contributed by atoms with Gasteiger partial charge in [0.1, 0.15) is 0 Å². The van der Waals surface area contributed by atoms with Crippen molar-refractivity contribution in [1.29, 1.82) is 0 Å². The number of aliphatic hydroxyl groups is 1. The normalized spacial score (nSPS) is 38.3. The number of carboxylic acids is 1. The molecular formula is C8H12O3. The molecule has 2 fully saturated rings. The minimum atomic E-state index is -0.806. The van der Waals surface area contributed by atoms with E-state index in [1.165, 1.54) is 0 Å². The van der Waals surface area contributed by atoms with Crippen molar-refractivity contribution in [1.82, 2.24) is 0 Å². The Kier molecular flexibility index (Phi) is 1.15. The van der Waals surface area contributed by atoms with Crippen molar-refractivity contribution >= 4 is 5.97 Å². The van der Waals surface area contributed by atoms with Crippen LogP contribution in [0.15, 0.2) is 0 Å². The van der Waals surface area contributed by atoms with Gasteiger partial charge in [-0.2, -0.15) is 0 Å². The molecule has 0 amide bonds. The molecule has 0 radical (unpaired) electrons. The second-order valence-electron chi connectivity index (χ2n) is 3.86. The van der Waals surface area contributed by atoms with Crippen LogP contribution in [-0.2, 0) is 4.79 Å². The van der Waals surface area contributed by atoms with Gasteiger partial charge < -0.3 is 10.2 Å². The summed E-state index contributed by atoms with van der Waals surface area (Å²) in [6.07, 6.45) is 3.83. The quantitative estimate of drug-likeness (QED) is 0.616. The molecule has 0 bridgehead atoms. The largest absolute Gasteiger partial charge is 0.481 e. The number of hydrogen-bond acceptors (Lipinski definition) is 2. The lowest BCUT2D eigenvalue weighted by atomic mass is 9.75. The summed E-state index contributed by atoms with van der Waals surface area (Å²) in [6, 6.07) is 0. The lowest BCUT2D eigenvalue weighted by Crippen LogP contribution is -2.31. The minimum Gasteiger partial charge on any atom is -0.481 e. The van der Waals surface area contributed by atoms with Crippen LogP contribution in [0.5, 0.6) is 0 Å². The van der Waals surface area contributed by atoms with E-state index < -0.39 is 11.4 Å². The molecule has 1 atom stereocenters. The maximum atomic E-state index is 10.8. The average molecular weight is 156 g/mol. The van der Waals surface area contributed by atoms with Crippen molar-refractivity contribution in [2.75, 3.05) is 6.61 Å². The van der Waals surface area contributed by atoms with Crippen molar-refractivity contribution < 1.29 is 15.0 Å². The van der Waals surface area contributed by atoms with Gasteiger partial charge in [-0.25, -0.2) is 0 Å². The molecule has 0 aromatic heterocycles. The first-order valence-corrected chi connectivity index (χ1v) is 4.01. The van der Waals surface area contributed by atoms with Crippen molar-refractivity contribution in [3.05, 3.63) is 0 Å². The summed E-state index contributed by atoms with van der Waals surface area (Å²) >= 11 is 0. The molecule has 0 saturated heterocycles. The van der Waals surface area contributed by atoms with Crippen LogP contribution in [0, 0.1) is 10.8 Å². The number of rotatable bonds is 2. The number of aliphatic hydroxyl groups excluding tert-OH is 1. The molecule has 0 aromatic rings. The fraction of sp³-hybridized carbons (Fsp3) is 0.875. The summed E-state index contributed by atoms with van der Waals surface area (Å²) in [6.45, 7) is -0.178. The molecule has 2 N–H and O–H groups in total. The van der Waals surface area contributed by atoms with Gasteiger partial charge in [-0.3, -0.25) is 4.79 Å². The maximum absolute atomic E-state index is 10.8. The Bertz CT molecular complexity index is 207. The van der Waals surface area contributed by atoms with Gasteiger partial charge >= 0.3 is 5.97 Å². The highest BCUT2D eigenvalue weighted by atomic mass is 16.4. The van der Waals surface area contributed by atoms with E-state index in [0.717, 1.165) is 19.3 Å². The highest BCUT2D eigenvalue weighted by molar-refractivity contribution is 5.80. The molecule has 2 aliphatic carbocycles. The summed E-state index contributed by atoms with van der Waals surface area (Å²) in [7, 11) is 0. The number of aliphatic carboxylic acids is 1. The molecule has 1 spiro atoms. The third-order valence-electron chi connectivity index (χ3n) is 3.52. The topological polar surface area (TPSA) is 57.5 Å². The number of hydrogen-bond donors (Lipinski definition) is 2. The highest BCUT2D eigenvalue weighted by Gasteiger charge is 2.73. The van der Waals surface area contributed by atoms with Gasteiger partial charge in [0.15, 0.2) is 0 Å². The molecule has 0 aliphatic heterocycles. The van der Waals surface area contributed by atoms with Crippen LogP contribution >= 0.6 is 0 Å². The molecule has 2 saturated carbocycles. The monoisotopic (exact) mass is 156 g/mol. The van der Waals surface area contributed by atoms with E-state index in [1.54, 1.807) is 0 Å². The minimum absolute atomic E-state index is 0.00752. The molecule has 0 aromatic carbocycles. The summed E-state index contributed by atoms with van der Waals surface area (Å²) in [4.78, 5) is 10.8. The zero-order valence-electron chi connectivity index (χ0n) is 6.34.